The topological polar surface area (TPSA) is 49.8 Å². The number of aromatic nitrogens is 2. The van der Waals surface area contributed by atoms with Crippen LogP contribution in [0.4, 0.5) is 16.2 Å². The molecule has 18 heavy (non-hydrogen) atoms. The molecular formula is C13H21FN4. The summed E-state index contributed by atoms with van der Waals surface area (Å²) in [5.41, 5.74) is 0. The summed E-state index contributed by atoms with van der Waals surface area (Å²) in [5, 5.41) is 5.92. The van der Waals surface area contributed by atoms with E-state index >= 15 is 0 Å². The van der Waals surface area contributed by atoms with Crippen LogP contribution < -0.4 is 10.6 Å². The van der Waals surface area contributed by atoms with Gasteiger partial charge in [-0.15, -0.1) is 0 Å². The Labute approximate surface area is 107 Å². The molecule has 1 aromatic heterocycles. The molecule has 2 rings (SSSR count). The fraction of sp³-hybridized carbons (Fsp3) is 0.692. The van der Waals surface area contributed by atoms with Gasteiger partial charge in [-0.1, -0.05) is 19.8 Å². The van der Waals surface area contributed by atoms with Crippen molar-refractivity contribution in [2.45, 2.75) is 32.6 Å². The molecule has 2 atom stereocenters. The minimum absolute atomic E-state index is 0.299. The van der Waals surface area contributed by atoms with Crippen LogP contribution in [0.2, 0.25) is 0 Å². The molecule has 1 saturated carbocycles. The van der Waals surface area contributed by atoms with Crippen molar-refractivity contribution < 1.29 is 4.39 Å². The average molecular weight is 252 g/mol. The fourth-order valence-corrected chi connectivity index (χ4v) is 2.60. The standard InChI is InChI=1S/C13H21FN4/c1-9-4-3-5-10(6-9)7-16-12-11(14)8-17-13(15-2)18-12/h8-10H,3-7H2,1-2H3,(H2,15,16,17,18). The molecule has 0 spiro atoms. The van der Waals surface area contributed by atoms with Crippen LogP contribution in [0.5, 0.6) is 0 Å². The quantitative estimate of drug-likeness (QED) is 0.865. The highest BCUT2D eigenvalue weighted by Gasteiger charge is 2.19. The third kappa shape index (κ3) is 3.31. The summed E-state index contributed by atoms with van der Waals surface area (Å²) in [6.45, 7) is 3.08. The fourth-order valence-electron chi connectivity index (χ4n) is 2.60. The maximum atomic E-state index is 13.5. The van der Waals surface area contributed by atoms with E-state index in [0.717, 1.165) is 12.5 Å². The van der Waals surface area contributed by atoms with Crippen molar-refractivity contribution in [3.63, 3.8) is 0 Å². The van der Waals surface area contributed by atoms with Crippen molar-refractivity contribution in [2.24, 2.45) is 11.8 Å². The molecule has 100 valence electrons. The van der Waals surface area contributed by atoms with Gasteiger partial charge in [-0.25, -0.2) is 9.37 Å². The van der Waals surface area contributed by atoms with Gasteiger partial charge in [0.2, 0.25) is 5.95 Å². The van der Waals surface area contributed by atoms with Crippen molar-refractivity contribution in [1.82, 2.24) is 9.97 Å². The molecule has 0 saturated heterocycles. The second kappa shape index (κ2) is 5.98. The maximum Gasteiger partial charge on any atom is 0.224 e. The molecule has 2 unspecified atom stereocenters. The molecule has 1 aromatic rings. The lowest BCUT2D eigenvalue weighted by Crippen LogP contribution is -2.22. The molecule has 5 heteroatoms. The molecule has 0 aromatic carbocycles. The Hall–Kier alpha value is -1.39. The molecule has 0 amide bonds. The minimum atomic E-state index is -0.391. The van der Waals surface area contributed by atoms with Gasteiger partial charge in [0.25, 0.3) is 0 Å². The summed E-state index contributed by atoms with van der Waals surface area (Å²) in [5.74, 6) is 1.76. The summed E-state index contributed by atoms with van der Waals surface area (Å²) in [6.07, 6.45) is 6.25. The van der Waals surface area contributed by atoms with Crippen LogP contribution in [0.25, 0.3) is 0 Å². The largest absolute Gasteiger partial charge is 0.367 e. The van der Waals surface area contributed by atoms with Crippen molar-refractivity contribution >= 4 is 11.8 Å². The minimum Gasteiger partial charge on any atom is -0.367 e. The first kappa shape index (κ1) is 13.1. The number of hydrogen-bond donors (Lipinski definition) is 2. The molecule has 0 bridgehead atoms. The van der Waals surface area contributed by atoms with Crippen LogP contribution in [0.3, 0.4) is 0 Å². The van der Waals surface area contributed by atoms with E-state index in [0.29, 0.717) is 17.7 Å². The maximum absolute atomic E-state index is 13.5. The second-order valence-corrected chi connectivity index (χ2v) is 5.16. The Morgan fingerprint density at radius 1 is 1.44 bits per heavy atom. The number of nitrogens with one attached hydrogen (secondary N) is 2. The number of rotatable bonds is 4. The third-order valence-electron chi connectivity index (χ3n) is 3.57. The molecule has 1 aliphatic rings. The van der Waals surface area contributed by atoms with Gasteiger partial charge in [-0.2, -0.15) is 4.98 Å². The summed E-state index contributed by atoms with van der Waals surface area (Å²) in [6, 6.07) is 0. The van der Waals surface area contributed by atoms with Gasteiger partial charge in [-0.05, 0) is 24.7 Å². The molecule has 0 radical (unpaired) electrons. The van der Waals surface area contributed by atoms with Crippen LogP contribution in [-0.2, 0) is 0 Å². The van der Waals surface area contributed by atoms with E-state index < -0.39 is 5.82 Å². The predicted octanol–water partition coefficient (Wildman–Crippen LogP) is 2.90. The highest BCUT2D eigenvalue weighted by atomic mass is 19.1. The Balaban J connectivity index is 1.92. The molecule has 1 heterocycles. The monoisotopic (exact) mass is 252 g/mol. The summed E-state index contributed by atoms with van der Waals surface area (Å²) in [4.78, 5) is 7.91. The van der Waals surface area contributed by atoms with Crippen LogP contribution in [0, 0.1) is 17.7 Å². The average Bonchev–Trinajstić information content (AvgIpc) is 2.38. The summed E-state index contributed by atoms with van der Waals surface area (Å²) in [7, 11) is 1.72. The molecule has 4 nitrogen and oxygen atoms in total. The van der Waals surface area contributed by atoms with E-state index in [9.17, 15) is 4.39 Å². The Bertz CT molecular complexity index is 397. The van der Waals surface area contributed by atoms with Crippen LogP contribution >= 0.6 is 0 Å². The highest BCUT2D eigenvalue weighted by molar-refractivity contribution is 5.40. The zero-order valence-electron chi connectivity index (χ0n) is 11.0. The SMILES string of the molecule is CNc1ncc(F)c(NCC2CCCC(C)C2)n1. The van der Waals surface area contributed by atoms with Crippen molar-refractivity contribution in [1.29, 1.82) is 0 Å². The van der Waals surface area contributed by atoms with Crippen LogP contribution in [0.1, 0.15) is 32.6 Å². The van der Waals surface area contributed by atoms with Gasteiger partial charge in [-0.3, -0.25) is 0 Å². The molecule has 1 fully saturated rings. The summed E-state index contributed by atoms with van der Waals surface area (Å²) < 4.78 is 13.5. The molecule has 1 aliphatic carbocycles. The van der Waals surface area contributed by atoms with E-state index in [4.69, 9.17) is 0 Å². The summed E-state index contributed by atoms with van der Waals surface area (Å²) >= 11 is 0. The van der Waals surface area contributed by atoms with E-state index in [1.54, 1.807) is 7.05 Å². The number of halogens is 1. The molecule has 2 N–H and O–H groups in total. The third-order valence-corrected chi connectivity index (χ3v) is 3.57. The Morgan fingerprint density at radius 2 is 2.28 bits per heavy atom. The van der Waals surface area contributed by atoms with E-state index in [1.165, 1.54) is 31.9 Å². The van der Waals surface area contributed by atoms with Gasteiger partial charge in [0.15, 0.2) is 11.6 Å². The number of nitrogens with zero attached hydrogens (tertiary/aromatic N) is 2. The first-order valence-corrected chi connectivity index (χ1v) is 6.63. The first-order valence-electron chi connectivity index (χ1n) is 6.63. The van der Waals surface area contributed by atoms with Crippen molar-refractivity contribution in [3.05, 3.63) is 12.0 Å². The smallest absolute Gasteiger partial charge is 0.224 e. The van der Waals surface area contributed by atoms with Crippen LogP contribution in [-0.4, -0.2) is 23.6 Å². The van der Waals surface area contributed by atoms with Crippen molar-refractivity contribution in [2.75, 3.05) is 24.2 Å². The Morgan fingerprint density at radius 3 is 3.00 bits per heavy atom. The van der Waals surface area contributed by atoms with E-state index in [-0.39, 0.29) is 0 Å². The van der Waals surface area contributed by atoms with Gasteiger partial charge in [0.05, 0.1) is 6.20 Å². The van der Waals surface area contributed by atoms with Gasteiger partial charge >= 0.3 is 0 Å². The van der Waals surface area contributed by atoms with Crippen LogP contribution in [0.15, 0.2) is 6.20 Å². The Kier molecular flexibility index (Phi) is 4.33. The zero-order valence-corrected chi connectivity index (χ0v) is 11.0. The lowest BCUT2D eigenvalue weighted by atomic mass is 9.82. The van der Waals surface area contributed by atoms with Gasteiger partial charge in [0, 0.05) is 13.6 Å². The number of hydrogen-bond acceptors (Lipinski definition) is 4. The zero-order chi connectivity index (χ0) is 13.0. The lowest BCUT2D eigenvalue weighted by Gasteiger charge is -2.26. The first-order chi connectivity index (χ1) is 8.69. The van der Waals surface area contributed by atoms with Crippen molar-refractivity contribution in [3.8, 4) is 0 Å². The van der Waals surface area contributed by atoms with Gasteiger partial charge < -0.3 is 10.6 Å². The number of anilines is 2. The second-order valence-electron chi connectivity index (χ2n) is 5.16. The normalized spacial score (nSPS) is 23.7. The highest BCUT2D eigenvalue weighted by Crippen LogP contribution is 2.28. The lowest BCUT2D eigenvalue weighted by molar-refractivity contribution is 0.293. The molecule has 0 aliphatic heterocycles. The predicted molar refractivity (Wildman–Crippen MR) is 71.1 cm³/mol. The van der Waals surface area contributed by atoms with E-state index in [1.807, 2.05) is 0 Å². The van der Waals surface area contributed by atoms with Gasteiger partial charge in [0.1, 0.15) is 0 Å². The van der Waals surface area contributed by atoms with E-state index in [2.05, 4.69) is 27.5 Å². The molecular weight excluding hydrogens is 231 g/mol.